The van der Waals surface area contributed by atoms with Crippen LogP contribution in [0, 0.1) is 44.8 Å². The van der Waals surface area contributed by atoms with Gasteiger partial charge in [-0.25, -0.2) is 0 Å². The molecule has 7 fully saturated rings. The van der Waals surface area contributed by atoms with Gasteiger partial charge in [0.25, 0.3) is 0 Å². The van der Waals surface area contributed by atoms with E-state index in [4.69, 9.17) is 18.9 Å². The number of fused-ring (bicyclic) bond motifs is 6. The normalized spacial score (nSPS) is 63.1. The Labute approximate surface area is 232 Å². The van der Waals surface area contributed by atoms with E-state index >= 15 is 0 Å². The number of ether oxygens (including phenoxy) is 4. The van der Waals surface area contributed by atoms with Crippen molar-refractivity contribution in [2.75, 3.05) is 0 Å². The van der Waals surface area contributed by atoms with Gasteiger partial charge < -0.3 is 29.2 Å². The lowest BCUT2D eigenvalue weighted by Crippen LogP contribution is -2.61. The number of carbonyl (C=O) groups excluding carboxylic acids is 1. The van der Waals surface area contributed by atoms with Gasteiger partial charge in [-0.2, -0.15) is 0 Å². The number of hydrogen-bond donors (Lipinski definition) is 2. The molecule has 4 saturated carbocycles. The van der Waals surface area contributed by atoms with Crippen LogP contribution >= 0.6 is 0 Å². The van der Waals surface area contributed by atoms with Crippen LogP contribution in [0.2, 0.25) is 0 Å². The van der Waals surface area contributed by atoms with E-state index in [1.54, 1.807) is 12.5 Å². The summed E-state index contributed by atoms with van der Waals surface area (Å²) in [5.74, 6) is -0.249. The van der Waals surface area contributed by atoms with Gasteiger partial charge in [0.2, 0.25) is 5.79 Å². The predicted octanol–water partition coefficient (Wildman–Crippen LogP) is 4.49. The molecule has 0 bridgehead atoms. The number of aliphatic hydroxyl groups is 2. The standard InChI is InChI=1S/C32H46O7/c1-16-12-32(24-29(7,38-24)25(35)39-32)37-18-13-27(5)20-9-8-19-26(3,4)21(34)10-11-30(19)15-31(20,30)14-22(36-17(2)33)28(27,6)23(16)18/h9,16,18-19,21-25,34-35H,8,10-15H2,1-7H3/t16-,18+,19?,21+,22-,23+,24-,25+,27+,28-,29+,30-,31+,32-/m1/s1. The van der Waals surface area contributed by atoms with Gasteiger partial charge >= 0.3 is 5.97 Å². The zero-order valence-corrected chi connectivity index (χ0v) is 24.6. The molecule has 39 heavy (non-hydrogen) atoms. The number of aliphatic hydroxyl groups excluding tert-OH is 2. The maximum atomic E-state index is 12.7. The Bertz CT molecular complexity index is 1200. The Kier molecular flexibility index (Phi) is 4.59. The summed E-state index contributed by atoms with van der Waals surface area (Å²) in [7, 11) is 0. The van der Waals surface area contributed by atoms with Crippen molar-refractivity contribution < 1.29 is 34.0 Å². The van der Waals surface area contributed by atoms with Crippen LogP contribution in [0.3, 0.4) is 0 Å². The molecule has 3 aliphatic heterocycles. The molecule has 7 nitrogen and oxygen atoms in total. The van der Waals surface area contributed by atoms with Gasteiger partial charge in [-0.1, -0.05) is 46.3 Å². The lowest BCUT2D eigenvalue weighted by atomic mass is 9.44. The van der Waals surface area contributed by atoms with Crippen LogP contribution in [0.1, 0.15) is 93.4 Å². The van der Waals surface area contributed by atoms with Gasteiger partial charge in [-0.3, -0.25) is 4.79 Å². The monoisotopic (exact) mass is 542 g/mol. The molecule has 14 atom stereocenters. The third-order valence-electron chi connectivity index (χ3n) is 14.4. The highest BCUT2D eigenvalue weighted by atomic mass is 16.8. The molecular formula is C32H46O7. The zero-order chi connectivity index (χ0) is 27.8. The Hall–Kier alpha value is -0.990. The minimum absolute atomic E-state index is 0.0222. The van der Waals surface area contributed by atoms with Crippen molar-refractivity contribution in [1.82, 2.24) is 0 Å². The molecule has 0 aromatic heterocycles. The Morgan fingerprint density at radius 1 is 1.05 bits per heavy atom. The van der Waals surface area contributed by atoms with Crippen LogP contribution in [0.5, 0.6) is 0 Å². The zero-order valence-electron chi connectivity index (χ0n) is 24.6. The molecule has 0 radical (unpaired) electrons. The van der Waals surface area contributed by atoms with Crippen molar-refractivity contribution in [3.05, 3.63) is 11.6 Å². The molecule has 7 heteroatoms. The second-order valence-electron chi connectivity index (χ2n) is 16.1. The highest BCUT2D eigenvalue weighted by Crippen LogP contribution is 2.88. The van der Waals surface area contributed by atoms with Crippen LogP contribution in [0.4, 0.5) is 0 Å². The summed E-state index contributed by atoms with van der Waals surface area (Å²) in [6, 6.07) is 0. The Balaban J connectivity index is 1.23. The molecular weight excluding hydrogens is 496 g/mol. The number of epoxide rings is 1. The van der Waals surface area contributed by atoms with E-state index in [0.29, 0.717) is 12.3 Å². The number of allylic oxidation sites excluding steroid dienone is 2. The minimum Gasteiger partial charge on any atom is -0.462 e. The van der Waals surface area contributed by atoms with Crippen molar-refractivity contribution in [3.63, 3.8) is 0 Å². The van der Waals surface area contributed by atoms with E-state index in [1.165, 1.54) is 0 Å². The van der Waals surface area contributed by atoms with E-state index in [0.717, 1.165) is 38.5 Å². The highest BCUT2D eigenvalue weighted by Gasteiger charge is 2.85. The van der Waals surface area contributed by atoms with Gasteiger partial charge in [0.1, 0.15) is 17.8 Å². The summed E-state index contributed by atoms with van der Waals surface area (Å²) in [5, 5.41) is 21.6. The first-order valence-corrected chi connectivity index (χ1v) is 15.4. The quantitative estimate of drug-likeness (QED) is 0.286. The van der Waals surface area contributed by atoms with Crippen molar-refractivity contribution in [1.29, 1.82) is 0 Å². The molecule has 3 saturated heterocycles. The summed E-state index contributed by atoms with van der Waals surface area (Å²) in [6.07, 6.45) is 7.18. The summed E-state index contributed by atoms with van der Waals surface area (Å²) in [5.41, 5.74) is 0.472. The molecule has 2 N–H and O–H groups in total. The smallest absolute Gasteiger partial charge is 0.302 e. The van der Waals surface area contributed by atoms with Crippen LogP contribution in [0.15, 0.2) is 11.6 Å². The van der Waals surface area contributed by atoms with Crippen LogP contribution in [-0.2, 0) is 23.7 Å². The van der Waals surface area contributed by atoms with Crippen molar-refractivity contribution in [3.8, 4) is 0 Å². The topological polar surface area (TPSA) is 97.8 Å². The first kappa shape index (κ1) is 25.7. The molecule has 1 unspecified atom stereocenters. The van der Waals surface area contributed by atoms with Crippen LogP contribution in [0.25, 0.3) is 0 Å². The van der Waals surface area contributed by atoms with Gasteiger partial charge in [0, 0.05) is 29.6 Å². The predicted molar refractivity (Wildman–Crippen MR) is 141 cm³/mol. The molecule has 8 rings (SSSR count). The maximum absolute atomic E-state index is 12.7. The largest absolute Gasteiger partial charge is 0.462 e. The minimum atomic E-state index is -0.979. The van der Waals surface area contributed by atoms with E-state index in [1.807, 2.05) is 6.92 Å². The van der Waals surface area contributed by atoms with Gasteiger partial charge in [-0.05, 0) is 74.0 Å². The van der Waals surface area contributed by atoms with Crippen molar-refractivity contribution >= 4 is 5.97 Å². The second-order valence-corrected chi connectivity index (χ2v) is 16.1. The summed E-state index contributed by atoms with van der Waals surface area (Å²) in [6.45, 7) is 15.1. The molecule has 5 aliphatic carbocycles. The fourth-order valence-electron chi connectivity index (χ4n) is 12.5. The Morgan fingerprint density at radius 3 is 2.44 bits per heavy atom. The first-order chi connectivity index (χ1) is 18.1. The van der Waals surface area contributed by atoms with Crippen molar-refractivity contribution in [2.24, 2.45) is 44.8 Å². The molecule has 0 aromatic rings. The van der Waals surface area contributed by atoms with E-state index in [9.17, 15) is 15.0 Å². The lowest BCUT2D eigenvalue weighted by molar-refractivity contribution is -0.345. The van der Waals surface area contributed by atoms with Gasteiger partial charge in [-0.15, -0.1) is 0 Å². The third kappa shape index (κ3) is 2.60. The maximum Gasteiger partial charge on any atom is 0.302 e. The van der Waals surface area contributed by atoms with Gasteiger partial charge in [0.15, 0.2) is 6.29 Å². The Morgan fingerprint density at radius 2 is 1.79 bits per heavy atom. The second kappa shape index (κ2) is 6.96. The molecule has 3 spiro atoms. The van der Waals surface area contributed by atoms with E-state index in [-0.39, 0.29) is 69.3 Å². The van der Waals surface area contributed by atoms with E-state index in [2.05, 4.69) is 40.7 Å². The summed E-state index contributed by atoms with van der Waals surface area (Å²) >= 11 is 0. The first-order valence-electron chi connectivity index (χ1n) is 15.4. The average Bonchev–Trinajstić information content (AvgIpc) is 3.67. The summed E-state index contributed by atoms with van der Waals surface area (Å²) < 4.78 is 25.5. The van der Waals surface area contributed by atoms with E-state index < -0.39 is 17.7 Å². The number of hydrogen-bond acceptors (Lipinski definition) is 7. The average molecular weight is 543 g/mol. The fourth-order valence-corrected chi connectivity index (χ4v) is 12.5. The summed E-state index contributed by atoms with van der Waals surface area (Å²) in [4.78, 5) is 12.7. The number of rotatable bonds is 1. The molecule has 3 heterocycles. The number of carbonyl (C=O) groups is 1. The highest BCUT2D eigenvalue weighted by molar-refractivity contribution is 5.66. The molecule has 0 amide bonds. The molecule has 0 aromatic carbocycles. The van der Waals surface area contributed by atoms with Crippen molar-refractivity contribution in [2.45, 2.75) is 136 Å². The van der Waals surface area contributed by atoms with Crippen LogP contribution < -0.4 is 0 Å². The fraction of sp³-hybridized carbons (Fsp3) is 0.906. The molecule has 216 valence electrons. The lowest BCUT2D eigenvalue weighted by Gasteiger charge is -2.62. The molecule has 8 aliphatic rings. The van der Waals surface area contributed by atoms with Gasteiger partial charge in [0.05, 0.1) is 12.2 Å². The van der Waals surface area contributed by atoms with Crippen LogP contribution in [-0.4, -0.2) is 58.3 Å². The number of esters is 1. The SMILES string of the molecule is CC(=O)O[C@@H]1C[C@@]23C[C@@]24CC[C@H](O)C(C)(C)C4CC=C3[C@]2(C)C[C@@H]3O[C@]4(C[C@@H](C)[C@@H]3[C@@]12C)O[C@H](O)[C@@]1(C)O[C@@H]41. The third-order valence-corrected chi connectivity index (χ3v) is 14.4.